The normalized spacial score (nSPS) is 18.9. The molecule has 7 heteroatoms. The minimum Gasteiger partial charge on any atom is -0.497 e. The van der Waals surface area contributed by atoms with Crippen molar-refractivity contribution in [2.24, 2.45) is 0 Å². The molecule has 1 N–H and O–H groups in total. The van der Waals surface area contributed by atoms with Crippen LogP contribution < -0.4 is 14.8 Å². The fourth-order valence-electron chi connectivity index (χ4n) is 3.09. The highest BCUT2D eigenvalue weighted by Gasteiger charge is 2.47. The highest BCUT2D eigenvalue weighted by Crippen LogP contribution is 2.24. The maximum absolute atomic E-state index is 12.9. The Kier molecular flexibility index (Phi) is 5.82. The smallest absolute Gasteiger partial charge is 0.325 e. The number of carbonyl (C=O) groups is 2. The van der Waals surface area contributed by atoms with Gasteiger partial charge in [0.25, 0.3) is 5.91 Å². The number of amides is 3. The number of imide groups is 1. The van der Waals surface area contributed by atoms with Gasteiger partial charge in [0.2, 0.25) is 0 Å². The molecule has 0 aliphatic carbocycles. The first-order valence-corrected chi connectivity index (χ1v) is 9.07. The molecule has 3 rings (SSSR count). The third-order valence-electron chi connectivity index (χ3n) is 4.82. The first-order valence-electron chi connectivity index (χ1n) is 9.07. The molecule has 2 aromatic carbocycles. The lowest BCUT2D eigenvalue weighted by Gasteiger charge is -2.21. The van der Waals surface area contributed by atoms with Gasteiger partial charge in [-0.15, -0.1) is 0 Å². The lowest BCUT2D eigenvalue weighted by atomic mass is 9.93. The number of hydrogen-bond donors (Lipinski definition) is 1. The van der Waals surface area contributed by atoms with Crippen LogP contribution in [0.4, 0.5) is 9.18 Å². The van der Waals surface area contributed by atoms with Crippen LogP contribution in [0.25, 0.3) is 0 Å². The van der Waals surface area contributed by atoms with Crippen molar-refractivity contribution in [3.05, 3.63) is 59.9 Å². The zero-order valence-electron chi connectivity index (χ0n) is 15.9. The fourth-order valence-corrected chi connectivity index (χ4v) is 3.09. The number of ether oxygens (including phenoxy) is 2. The van der Waals surface area contributed by atoms with Gasteiger partial charge in [-0.1, -0.05) is 12.1 Å². The maximum Gasteiger partial charge on any atom is 0.325 e. The number of nitrogens with one attached hydrogen (secondary N) is 1. The average molecular weight is 386 g/mol. The summed E-state index contributed by atoms with van der Waals surface area (Å²) < 4.78 is 23.5. The number of nitrogens with zero attached hydrogens (tertiary/aromatic N) is 1. The van der Waals surface area contributed by atoms with E-state index >= 15 is 0 Å². The van der Waals surface area contributed by atoms with Gasteiger partial charge >= 0.3 is 6.03 Å². The summed E-state index contributed by atoms with van der Waals surface area (Å²) >= 11 is 0. The molecule has 0 unspecified atom stereocenters. The summed E-state index contributed by atoms with van der Waals surface area (Å²) in [6.07, 6.45) is 1.13. The summed E-state index contributed by atoms with van der Waals surface area (Å²) in [4.78, 5) is 26.2. The van der Waals surface area contributed by atoms with E-state index < -0.39 is 11.6 Å². The van der Waals surface area contributed by atoms with Gasteiger partial charge in [-0.2, -0.15) is 0 Å². The van der Waals surface area contributed by atoms with Crippen LogP contribution in [0.3, 0.4) is 0 Å². The standard InChI is InChI=1S/C21H23FN2O4/c1-21(12-11-15-3-7-17(27-2)8-4-15)19(25)24(20(26)23-21)13-14-28-18-9-5-16(22)6-10-18/h3-10H,11-14H2,1-2H3,(H,23,26)/t21-/m0/s1. The number of carbonyl (C=O) groups excluding carboxylic acids is 2. The number of hydrogen-bond acceptors (Lipinski definition) is 4. The van der Waals surface area contributed by atoms with Crippen LogP contribution in [0.2, 0.25) is 0 Å². The largest absolute Gasteiger partial charge is 0.497 e. The topological polar surface area (TPSA) is 67.9 Å². The second kappa shape index (κ2) is 8.29. The van der Waals surface area contributed by atoms with Crippen molar-refractivity contribution in [2.45, 2.75) is 25.3 Å². The monoisotopic (exact) mass is 386 g/mol. The van der Waals surface area contributed by atoms with Crippen molar-refractivity contribution in [1.29, 1.82) is 0 Å². The Balaban J connectivity index is 1.54. The van der Waals surface area contributed by atoms with Crippen molar-refractivity contribution in [3.63, 3.8) is 0 Å². The molecule has 6 nitrogen and oxygen atoms in total. The van der Waals surface area contributed by atoms with Crippen molar-refractivity contribution >= 4 is 11.9 Å². The van der Waals surface area contributed by atoms with Gasteiger partial charge in [-0.05, 0) is 61.7 Å². The van der Waals surface area contributed by atoms with Gasteiger partial charge < -0.3 is 14.8 Å². The van der Waals surface area contributed by atoms with E-state index in [-0.39, 0.29) is 24.9 Å². The van der Waals surface area contributed by atoms with Gasteiger partial charge in [-0.3, -0.25) is 9.69 Å². The van der Waals surface area contributed by atoms with Crippen LogP contribution in [-0.4, -0.2) is 42.6 Å². The molecule has 1 saturated heterocycles. The van der Waals surface area contributed by atoms with E-state index in [0.717, 1.165) is 16.2 Å². The molecule has 0 spiro atoms. The first kappa shape index (κ1) is 19.7. The molecule has 1 heterocycles. The Morgan fingerprint density at radius 3 is 2.32 bits per heavy atom. The van der Waals surface area contributed by atoms with Gasteiger partial charge in [-0.25, -0.2) is 9.18 Å². The second-order valence-electron chi connectivity index (χ2n) is 6.87. The lowest BCUT2D eigenvalue weighted by molar-refractivity contribution is -0.131. The van der Waals surface area contributed by atoms with Gasteiger partial charge in [0.15, 0.2) is 0 Å². The van der Waals surface area contributed by atoms with E-state index in [1.165, 1.54) is 24.3 Å². The molecule has 0 bridgehead atoms. The Morgan fingerprint density at radius 2 is 1.68 bits per heavy atom. The molecule has 148 valence electrons. The third kappa shape index (κ3) is 4.42. The number of benzene rings is 2. The van der Waals surface area contributed by atoms with Crippen molar-refractivity contribution < 1.29 is 23.5 Å². The van der Waals surface area contributed by atoms with Crippen LogP contribution in [-0.2, 0) is 11.2 Å². The van der Waals surface area contributed by atoms with Crippen molar-refractivity contribution in [2.75, 3.05) is 20.3 Å². The Labute approximate surface area is 163 Å². The van der Waals surface area contributed by atoms with E-state index in [9.17, 15) is 14.0 Å². The van der Waals surface area contributed by atoms with E-state index in [0.29, 0.717) is 18.6 Å². The zero-order valence-corrected chi connectivity index (χ0v) is 15.9. The van der Waals surface area contributed by atoms with Crippen LogP contribution in [0.1, 0.15) is 18.9 Å². The van der Waals surface area contributed by atoms with E-state index in [2.05, 4.69) is 5.32 Å². The van der Waals surface area contributed by atoms with E-state index in [1.54, 1.807) is 14.0 Å². The summed E-state index contributed by atoms with van der Waals surface area (Å²) in [7, 11) is 1.61. The summed E-state index contributed by atoms with van der Waals surface area (Å²) in [6, 6.07) is 12.8. The summed E-state index contributed by atoms with van der Waals surface area (Å²) in [5.74, 6) is 0.631. The highest BCUT2D eigenvalue weighted by atomic mass is 19.1. The molecule has 1 aliphatic heterocycles. The zero-order chi connectivity index (χ0) is 20.1. The van der Waals surface area contributed by atoms with Crippen LogP contribution in [0.5, 0.6) is 11.5 Å². The number of methoxy groups -OCH3 is 1. The van der Waals surface area contributed by atoms with Gasteiger partial charge in [0, 0.05) is 0 Å². The SMILES string of the molecule is COc1ccc(CC[C@]2(C)NC(=O)N(CCOc3ccc(F)cc3)C2=O)cc1. The van der Waals surface area contributed by atoms with Crippen molar-refractivity contribution in [1.82, 2.24) is 10.2 Å². The summed E-state index contributed by atoms with van der Waals surface area (Å²) in [5, 5.41) is 2.79. The molecule has 1 atom stereocenters. The molecule has 1 aliphatic rings. The molecular formula is C21H23FN2O4. The Hall–Kier alpha value is -3.09. The molecule has 28 heavy (non-hydrogen) atoms. The van der Waals surface area contributed by atoms with Crippen LogP contribution in [0, 0.1) is 5.82 Å². The van der Waals surface area contributed by atoms with Crippen molar-refractivity contribution in [3.8, 4) is 11.5 Å². The highest BCUT2D eigenvalue weighted by molar-refractivity contribution is 6.06. The molecule has 1 fully saturated rings. The van der Waals surface area contributed by atoms with Gasteiger partial charge in [0.05, 0.1) is 13.7 Å². The average Bonchev–Trinajstić information content (AvgIpc) is 2.91. The first-order chi connectivity index (χ1) is 13.4. The number of halogens is 1. The second-order valence-corrected chi connectivity index (χ2v) is 6.87. The minimum absolute atomic E-state index is 0.125. The third-order valence-corrected chi connectivity index (χ3v) is 4.82. The van der Waals surface area contributed by atoms with E-state index in [1.807, 2.05) is 24.3 Å². The van der Waals surface area contributed by atoms with E-state index in [4.69, 9.17) is 9.47 Å². The summed E-state index contributed by atoms with van der Waals surface area (Å²) in [6.45, 7) is 2.00. The number of aryl methyl sites for hydroxylation is 1. The predicted molar refractivity (Wildman–Crippen MR) is 102 cm³/mol. The predicted octanol–water partition coefficient (Wildman–Crippen LogP) is 3.16. The molecule has 0 radical (unpaired) electrons. The number of rotatable bonds is 8. The molecule has 0 saturated carbocycles. The fraction of sp³-hybridized carbons (Fsp3) is 0.333. The van der Waals surface area contributed by atoms with Crippen LogP contribution >= 0.6 is 0 Å². The molecular weight excluding hydrogens is 363 g/mol. The maximum atomic E-state index is 12.9. The molecule has 0 aromatic heterocycles. The Morgan fingerprint density at radius 1 is 1.04 bits per heavy atom. The quantitative estimate of drug-likeness (QED) is 0.708. The summed E-state index contributed by atoms with van der Waals surface area (Å²) in [5.41, 5.74) is 0.106. The molecule has 3 amide bonds. The minimum atomic E-state index is -0.952. The lowest BCUT2D eigenvalue weighted by Crippen LogP contribution is -2.44. The number of urea groups is 1. The van der Waals surface area contributed by atoms with Gasteiger partial charge in [0.1, 0.15) is 29.5 Å². The molecule has 2 aromatic rings. The Bertz CT molecular complexity index is 838. The van der Waals surface area contributed by atoms with Crippen LogP contribution in [0.15, 0.2) is 48.5 Å².